The highest BCUT2D eigenvalue weighted by Crippen LogP contribution is 2.24. The quantitative estimate of drug-likeness (QED) is 0.790. The van der Waals surface area contributed by atoms with E-state index >= 15 is 0 Å². The Hall–Kier alpha value is -2.50. The maximum Gasteiger partial charge on any atom is 0.329 e. The molecule has 6 heteroatoms. The van der Waals surface area contributed by atoms with Crippen LogP contribution in [0.2, 0.25) is 0 Å². The van der Waals surface area contributed by atoms with Crippen molar-refractivity contribution in [1.82, 2.24) is 9.13 Å². The lowest BCUT2D eigenvalue weighted by Gasteiger charge is -2.03. The van der Waals surface area contributed by atoms with Crippen molar-refractivity contribution in [3.63, 3.8) is 0 Å². The van der Waals surface area contributed by atoms with Gasteiger partial charge in [0.25, 0.3) is 0 Å². The summed E-state index contributed by atoms with van der Waals surface area (Å²) >= 11 is 0. The Morgan fingerprint density at radius 3 is 2.60 bits per heavy atom. The number of aromatic nitrogens is 2. The van der Waals surface area contributed by atoms with E-state index in [-0.39, 0.29) is 17.2 Å². The van der Waals surface area contributed by atoms with E-state index in [1.807, 2.05) is 0 Å². The van der Waals surface area contributed by atoms with Crippen molar-refractivity contribution in [3.8, 4) is 11.5 Å². The van der Waals surface area contributed by atoms with Crippen LogP contribution in [0.4, 0.5) is 0 Å². The van der Waals surface area contributed by atoms with Crippen LogP contribution >= 0.6 is 0 Å². The third-order valence-corrected chi connectivity index (χ3v) is 3.09. The number of benzene rings is 1. The number of nitrogens with zero attached hydrogens (tertiary/aromatic N) is 3. The van der Waals surface area contributed by atoms with Crippen molar-refractivity contribution in [1.29, 1.82) is 0 Å². The van der Waals surface area contributed by atoms with E-state index in [1.54, 1.807) is 32.4 Å². The molecule has 0 bridgehead atoms. The minimum Gasteiger partial charge on any atom is -0.504 e. The molecule has 0 aliphatic rings. The molecule has 1 aromatic carbocycles. The molecular weight excluding hydrogens is 258 g/mol. The molecule has 20 heavy (non-hydrogen) atoms. The van der Waals surface area contributed by atoms with E-state index in [9.17, 15) is 15.0 Å². The van der Waals surface area contributed by atoms with E-state index in [0.29, 0.717) is 18.5 Å². The lowest BCUT2D eigenvalue weighted by molar-refractivity contribution is 0.403. The van der Waals surface area contributed by atoms with E-state index in [2.05, 4.69) is 4.99 Å². The van der Waals surface area contributed by atoms with Crippen LogP contribution in [0.3, 0.4) is 0 Å². The van der Waals surface area contributed by atoms with Gasteiger partial charge in [-0.3, -0.25) is 9.56 Å². The van der Waals surface area contributed by atoms with Gasteiger partial charge in [0.05, 0.1) is 0 Å². The average Bonchev–Trinajstić information content (AvgIpc) is 2.43. The molecule has 0 spiro atoms. The number of hydrogen-bond acceptors (Lipinski definition) is 4. The standard InChI is InChI=1S/C14H17N3O3/c1-16-8-6-13(17(2)14(16)20)15-7-5-10-3-4-11(18)12(19)9-10/h3-4,6,8-9,18-19H,5,7H2,1-2H3. The molecule has 1 heterocycles. The summed E-state index contributed by atoms with van der Waals surface area (Å²) in [6.07, 6.45) is 2.29. The predicted molar refractivity (Wildman–Crippen MR) is 74.6 cm³/mol. The number of hydrogen-bond donors (Lipinski definition) is 2. The van der Waals surface area contributed by atoms with Gasteiger partial charge in [-0.05, 0) is 30.2 Å². The van der Waals surface area contributed by atoms with Crippen molar-refractivity contribution < 1.29 is 10.2 Å². The topological polar surface area (TPSA) is 79.8 Å². The first kappa shape index (κ1) is 13.9. The van der Waals surface area contributed by atoms with Crippen LogP contribution in [0.15, 0.2) is 40.2 Å². The molecule has 0 aliphatic heterocycles. The third-order valence-electron chi connectivity index (χ3n) is 3.09. The molecule has 0 radical (unpaired) electrons. The second kappa shape index (κ2) is 5.64. The molecule has 0 fully saturated rings. The first-order valence-corrected chi connectivity index (χ1v) is 6.23. The van der Waals surface area contributed by atoms with Crippen LogP contribution in [-0.4, -0.2) is 25.9 Å². The number of phenolic OH excluding ortho intramolecular Hbond substituents is 2. The monoisotopic (exact) mass is 275 g/mol. The van der Waals surface area contributed by atoms with E-state index in [0.717, 1.165) is 5.56 Å². The molecular formula is C14H17N3O3. The molecule has 2 rings (SSSR count). The van der Waals surface area contributed by atoms with Gasteiger partial charge in [-0.2, -0.15) is 0 Å². The van der Waals surface area contributed by atoms with Crippen LogP contribution in [-0.2, 0) is 20.5 Å². The highest BCUT2D eigenvalue weighted by molar-refractivity contribution is 5.40. The fraction of sp³-hybridized carbons (Fsp3) is 0.286. The van der Waals surface area contributed by atoms with Crippen molar-refractivity contribution in [2.45, 2.75) is 6.42 Å². The number of phenols is 2. The number of aryl methyl sites for hydroxylation is 1. The lowest BCUT2D eigenvalue weighted by atomic mass is 10.1. The van der Waals surface area contributed by atoms with E-state index < -0.39 is 0 Å². The van der Waals surface area contributed by atoms with Crippen molar-refractivity contribution in [3.05, 3.63) is 52.0 Å². The van der Waals surface area contributed by atoms with Gasteiger partial charge in [0.15, 0.2) is 11.5 Å². The van der Waals surface area contributed by atoms with Crippen LogP contribution in [0, 0.1) is 0 Å². The van der Waals surface area contributed by atoms with Crippen molar-refractivity contribution in [2.75, 3.05) is 6.54 Å². The van der Waals surface area contributed by atoms with Gasteiger partial charge in [0.1, 0.15) is 5.49 Å². The summed E-state index contributed by atoms with van der Waals surface area (Å²) in [5, 5.41) is 18.6. The van der Waals surface area contributed by atoms with Crippen LogP contribution in [0.25, 0.3) is 0 Å². The molecule has 0 saturated heterocycles. The summed E-state index contributed by atoms with van der Waals surface area (Å²) in [6.45, 7) is 0.491. The molecule has 6 nitrogen and oxygen atoms in total. The van der Waals surface area contributed by atoms with Gasteiger partial charge in [-0.15, -0.1) is 0 Å². The zero-order valence-electron chi connectivity index (χ0n) is 11.4. The second-order valence-electron chi connectivity index (χ2n) is 4.58. The Morgan fingerprint density at radius 2 is 1.90 bits per heavy atom. The lowest BCUT2D eigenvalue weighted by Crippen LogP contribution is -2.36. The minimum absolute atomic E-state index is 0.131. The second-order valence-corrected chi connectivity index (χ2v) is 4.58. The summed E-state index contributed by atoms with van der Waals surface area (Å²) in [7, 11) is 3.36. The normalized spacial score (nSPS) is 11.8. The van der Waals surface area contributed by atoms with Crippen molar-refractivity contribution >= 4 is 0 Å². The minimum atomic E-state index is -0.137. The average molecular weight is 275 g/mol. The SMILES string of the molecule is Cn1ccc(=NCCc2ccc(O)c(O)c2)n(C)c1=O. The zero-order valence-corrected chi connectivity index (χ0v) is 11.4. The van der Waals surface area contributed by atoms with Crippen LogP contribution < -0.4 is 11.2 Å². The Labute approximate surface area is 115 Å². The fourth-order valence-corrected chi connectivity index (χ4v) is 1.87. The molecule has 0 unspecified atom stereocenters. The van der Waals surface area contributed by atoms with Gasteiger partial charge >= 0.3 is 5.69 Å². The van der Waals surface area contributed by atoms with Gasteiger partial charge in [-0.1, -0.05) is 6.07 Å². The summed E-state index contributed by atoms with van der Waals surface area (Å²) in [5.41, 5.74) is 1.35. The maximum absolute atomic E-state index is 11.7. The van der Waals surface area contributed by atoms with Gasteiger partial charge in [0.2, 0.25) is 0 Å². The molecule has 0 aliphatic carbocycles. The van der Waals surface area contributed by atoms with Crippen LogP contribution in [0.5, 0.6) is 11.5 Å². The Bertz CT molecular complexity index is 744. The molecule has 2 N–H and O–H groups in total. The first-order chi connectivity index (χ1) is 9.49. The summed E-state index contributed by atoms with van der Waals surface area (Å²) in [4.78, 5) is 16.1. The van der Waals surface area contributed by atoms with E-state index in [1.165, 1.54) is 21.3 Å². The molecule has 0 saturated carbocycles. The van der Waals surface area contributed by atoms with Crippen molar-refractivity contribution in [2.24, 2.45) is 19.1 Å². The van der Waals surface area contributed by atoms with Gasteiger partial charge < -0.3 is 14.8 Å². The Kier molecular flexibility index (Phi) is 3.93. The summed E-state index contributed by atoms with van der Waals surface area (Å²) < 4.78 is 2.96. The highest BCUT2D eigenvalue weighted by atomic mass is 16.3. The molecule has 0 amide bonds. The predicted octanol–water partition coefficient (Wildman–Crippen LogP) is 0.278. The van der Waals surface area contributed by atoms with E-state index in [4.69, 9.17) is 0 Å². The summed E-state index contributed by atoms with van der Waals surface area (Å²) in [6, 6.07) is 6.46. The maximum atomic E-state index is 11.7. The number of aromatic hydroxyl groups is 2. The first-order valence-electron chi connectivity index (χ1n) is 6.23. The largest absolute Gasteiger partial charge is 0.504 e. The zero-order chi connectivity index (χ0) is 14.7. The molecule has 1 aromatic heterocycles. The van der Waals surface area contributed by atoms with Gasteiger partial charge in [-0.25, -0.2) is 4.79 Å². The molecule has 2 aromatic rings. The smallest absolute Gasteiger partial charge is 0.329 e. The summed E-state index contributed by atoms with van der Waals surface area (Å²) in [5.74, 6) is -0.273. The molecule has 0 atom stereocenters. The number of rotatable bonds is 3. The Balaban J connectivity index is 2.16. The van der Waals surface area contributed by atoms with Crippen LogP contribution in [0.1, 0.15) is 5.56 Å². The molecule has 106 valence electrons. The fourth-order valence-electron chi connectivity index (χ4n) is 1.87. The Morgan fingerprint density at radius 1 is 1.15 bits per heavy atom. The third kappa shape index (κ3) is 2.90. The van der Waals surface area contributed by atoms with Gasteiger partial charge in [0, 0.05) is 26.8 Å². The highest BCUT2D eigenvalue weighted by Gasteiger charge is 2.00.